The summed E-state index contributed by atoms with van der Waals surface area (Å²) >= 11 is 2.01. The smallest absolute Gasteiger partial charge is 0.00821 e. The molecule has 90 valence electrons. The van der Waals surface area contributed by atoms with Gasteiger partial charge in [-0.2, -0.15) is 0 Å². The van der Waals surface area contributed by atoms with Crippen LogP contribution in [-0.4, -0.2) is 0 Å². The number of aryl methyl sites for hydroxylation is 1. The lowest BCUT2D eigenvalue weighted by Crippen LogP contribution is -1.91. The molecule has 0 fully saturated rings. The minimum atomic E-state index is 0.735. The molecule has 1 aromatic rings. The van der Waals surface area contributed by atoms with Crippen LogP contribution < -0.4 is 0 Å². The van der Waals surface area contributed by atoms with Gasteiger partial charge in [-0.1, -0.05) is 39.3 Å². The third-order valence-corrected chi connectivity index (χ3v) is 4.20. The third-order valence-electron chi connectivity index (χ3n) is 2.90. The summed E-state index contributed by atoms with van der Waals surface area (Å²) in [4.78, 5) is 3.13. The zero-order chi connectivity index (χ0) is 11.8. The highest BCUT2D eigenvalue weighted by molar-refractivity contribution is 7.12. The Morgan fingerprint density at radius 1 is 1.19 bits per heavy atom. The molecule has 1 atom stereocenters. The second-order valence-corrected chi connectivity index (χ2v) is 5.47. The monoisotopic (exact) mass is 236 g/mol. The number of rotatable bonds is 7. The molecule has 0 saturated heterocycles. The molecule has 0 aliphatic rings. The molecule has 0 saturated carbocycles. The van der Waals surface area contributed by atoms with Gasteiger partial charge in [0, 0.05) is 9.75 Å². The molecule has 0 bridgehead atoms. The molecule has 16 heavy (non-hydrogen) atoms. The quantitative estimate of drug-likeness (QED) is 0.544. The minimum Gasteiger partial charge on any atom is -0.145 e. The standard InChI is InChI=1S/C15H24S/c1-4-7-8-10-13(6-3)15-12-11-14(16-15)9-5-2/h7-8,11-13H,4-6,9-10H2,1-3H3/b8-7-. The fourth-order valence-corrected chi connectivity index (χ4v) is 3.22. The van der Waals surface area contributed by atoms with Gasteiger partial charge in [0.25, 0.3) is 0 Å². The maximum Gasteiger partial charge on any atom is 0.00821 e. The van der Waals surface area contributed by atoms with Gasteiger partial charge in [0.2, 0.25) is 0 Å². The summed E-state index contributed by atoms with van der Waals surface area (Å²) < 4.78 is 0. The van der Waals surface area contributed by atoms with E-state index >= 15 is 0 Å². The summed E-state index contributed by atoms with van der Waals surface area (Å²) in [6.07, 6.45) is 10.7. The maximum atomic E-state index is 2.34. The van der Waals surface area contributed by atoms with Crippen molar-refractivity contribution in [3.8, 4) is 0 Å². The second-order valence-electron chi connectivity index (χ2n) is 4.27. The van der Waals surface area contributed by atoms with Crippen molar-refractivity contribution < 1.29 is 0 Å². The van der Waals surface area contributed by atoms with E-state index in [4.69, 9.17) is 0 Å². The fraction of sp³-hybridized carbons (Fsp3) is 0.600. The van der Waals surface area contributed by atoms with E-state index in [9.17, 15) is 0 Å². The van der Waals surface area contributed by atoms with Crippen LogP contribution in [0.3, 0.4) is 0 Å². The van der Waals surface area contributed by atoms with E-state index in [1.54, 1.807) is 9.75 Å². The van der Waals surface area contributed by atoms with Crippen LogP contribution in [0, 0.1) is 0 Å². The number of thiophene rings is 1. The first-order chi connectivity index (χ1) is 7.81. The van der Waals surface area contributed by atoms with E-state index in [0.29, 0.717) is 0 Å². The van der Waals surface area contributed by atoms with Crippen molar-refractivity contribution in [2.24, 2.45) is 0 Å². The molecule has 0 radical (unpaired) electrons. The molecule has 0 N–H and O–H groups in total. The molecule has 1 rings (SSSR count). The Morgan fingerprint density at radius 2 is 2.00 bits per heavy atom. The van der Waals surface area contributed by atoms with Crippen LogP contribution in [0.2, 0.25) is 0 Å². The van der Waals surface area contributed by atoms with E-state index in [2.05, 4.69) is 45.1 Å². The molecule has 1 aromatic heterocycles. The highest BCUT2D eigenvalue weighted by atomic mass is 32.1. The van der Waals surface area contributed by atoms with Crippen molar-refractivity contribution in [3.63, 3.8) is 0 Å². The van der Waals surface area contributed by atoms with Gasteiger partial charge in [-0.3, -0.25) is 0 Å². The predicted octanol–water partition coefficient (Wildman–Crippen LogP) is 5.55. The van der Waals surface area contributed by atoms with Crippen LogP contribution in [0.15, 0.2) is 24.3 Å². The maximum absolute atomic E-state index is 2.34. The Hall–Kier alpha value is -0.560. The largest absolute Gasteiger partial charge is 0.145 e. The van der Waals surface area contributed by atoms with Gasteiger partial charge >= 0.3 is 0 Å². The molecule has 0 aliphatic heterocycles. The summed E-state index contributed by atoms with van der Waals surface area (Å²) in [6, 6.07) is 4.65. The average molecular weight is 236 g/mol. The normalized spacial score (nSPS) is 13.4. The van der Waals surface area contributed by atoms with Crippen LogP contribution in [0.25, 0.3) is 0 Å². The molecule has 1 unspecified atom stereocenters. The molecule has 0 spiro atoms. The van der Waals surface area contributed by atoms with Gasteiger partial charge in [0.15, 0.2) is 0 Å². The van der Waals surface area contributed by atoms with Crippen LogP contribution in [0.5, 0.6) is 0 Å². The van der Waals surface area contributed by atoms with E-state index in [0.717, 1.165) is 12.3 Å². The third kappa shape index (κ3) is 4.13. The summed E-state index contributed by atoms with van der Waals surface area (Å²) in [5.41, 5.74) is 0. The molecule has 0 aliphatic carbocycles. The molecule has 0 nitrogen and oxygen atoms in total. The van der Waals surface area contributed by atoms with Gasteiger partial charge < -0.3 is 0 Å². The van der Waals surface area contributed by atoms with Crippen molar-refractivity contribution in [1.82, 2.24) is 0 Å². The summed E-state index contributed by atoms with van der Waals surface area (Å²) in [5.74, 6) is 0.735. The van der Waals surface area contributed by atoms with Gasteiger partial charge in [0.05, 0.1) is 0 Å². The Kier molecular flexibility index (Phi) is 6.47. The van der Waals surface area contributed by atoms with E-state index in [-0.39, 0.29) is 0 Å². The van der Waals surface area contributed by atoms with Crippen molar-refractivity contribution >= 4 is 11.3 Å². The first kappa shape index (κ1) is 13.5. The van der Waals surface area contributed by atoms with Crippen molar-refractivity contribution in [1.29, 1.82) is 0 Å². The SMILES string of the molecule is CC/C=C\CC(CC)c1ccc(CCC)s1. The van der Waals surface area contributed by atoms with E-state index in [1.165, 1.54) is 25.7 Å². The second kappa shape index (κ2) is 7.67. The lowest BCUT2D eigenvalue weighted by Gasteiger charge is -2.09. The first-order valence-corrected chi connectivity index (χ1v) is 7.37. The molecule has 1 heteroatoms. The van der Waals surface area contributed by atoms with Crippen LogP contribution in [0.4, 0.5) is 0 Å². The van der Waals surface area contributed by atoms with Crippen molar-refractivity contribution in [3.05, 3.63) is 34.0 Å². The zero-order valence-corrected chi connectivity index (χ0v) is 11.6. The van der Waals surface area contributed by atoms with Crippen LogP contribution >= 0.6 is 11.3 Å². The summed E-state index contributed by atoms with van der Waals surface area (Å²) in [7, 11) is 0. The van der Waals surface area contributed by atoms with E-state index < -0.39 is 0 Å². The van der Waals surface area contributed by atoms with Gasteiger partial charge in [-0.05, 0) is 43.7 Å². The highest BCUT2D eigenvalue weighted by Gasteiger charge is 2.10. The topological polar surface area (TPSA) is 0 Å². The van der Waals surface area contributed by atoms with Crippen LogP contribution in [-0.2, 0) is 6.42 Å². The lowest BCUT2D eigenvalue weighted by atomic mass is 10.0. The first-order valence-electron chi connectivity index (χ1n) is 6.55. The fourth-order valence-electron chi connectivity index (χ4n) is 1.91. The van der Waals surface area contributed by atoms with Gasteiger partial charge in [-0.15, -0.1) is 11.3 Å². The van der Waals surface area contributed by atoms with Crippen LogP contribution in [0.1, 0.15) is 62.1 Å². The molecule has 1 heterocycles. The van der Waals surface area contributed by atoms with Crippen molar-refractivity contribution in [2.75, 3.05) is 0 Å². The van der Waals surface area contributed by atoms with Gasteiger partial charge in [-0.25, -0.2) is 0 Å². The highest BCUT2D eigenvalue weighted by Crippen LogP contribution is 2.30. The summed E-state index contributed by atoms with van der Waals surface area (Å²) in [6.45, 7) is 6.74. The summed E-state index contributed by atoms with van der Waals surface area (Å²) in [5, 5.41) is 0. The number of hydrogen-bond acceptors (Lipinski definition) is 1. The molecule has 0 amide bonds. The minimum absolute atomic E-state index is 0.735. The van der Waals surface area contributed by atoms with Gasteiger partial charge in [0.1, 0.15) is 0 Å². The Morgan fingerprint density at radius 3 is 2.62 bits per heavy atom. The number of hydrogen-bond donors (Lipinski definition) is 0. The Labute approximate surface area is 104 Å². The Bertz CT molecular complexity index is 309. The molecule has 0 aromatic carbocycles. The lowest BCUT2D eigenvalue weighted by molar-refractivity contribution is 0.686. The zero-order valence-electron chi connectivity index (χ0n) is 10.8. The number of allylic oxidation sites excluding steroid dienone is 2. The average Bonchev–Trinajstić information content (AvgIpc) is 2.74. The Balaban J connectivity index is 2.59. The van der Waals surface area contributed by atoms with E-state index in [1.807, 2.05) is 11.3 Å². The predicted molar refractivity (Wildman–Crippen MR) is 75.4 cm³/mol. The molecular formula is C15H24S. The molecular weight excluding hydrogens is 212 g/mol. The van der Waals surface area contributed by atoms with Crippen molar-refractivity contribution in [2.45, 2.75) is 58.8 Å².